The van der Waals surface area contributed by atoms with E-state index in [4.69, 9.17) is 5.73 Å². The molecule has 6 heteroatoms. The molecule has 1 atom stereocenters. The second-order valence-corrected chi connectivity index (χ2v) is 3.38. The molecule has 1 aromatic carbocycles. The molecule has 2 N–H and O–H groups in total. The first-order valence-corrected chi connectivity index (χ1v) is 4.54. The first-order chi connectivity index (χ1) is 7.29. The van der Waals surface area contributed by atoms with E-state index in [1.165, 1.54) is 12.1 Å². The molecule has 90 valence electrons. The number of hydrogen-bond donors (Lipinski definition) is 1. The fourth-order valence-corrected chi connectivity index (χ4v) is 1.13. The molecule has 0 amide bonds. The lowest BCUT2D eigenvalue weighted by molar-refractivity contribution is -0.153. The zero-order chi connectivity index (χ0) is 12.3. The van der Waals surface area contributed by atoms with Crippen LogP contribution < -0.4 is 10.5 Å². The van der Waals surface area contributed by atoms with Gasteiger partial charge < -0.3 is 10.5 Å². The minimum Gasteiger partial charge on any atom is -0.484 e. The molecular formula is C10H11F4NO. The van der Waals surface area contributed by atoms with Crippen molar-refractivity contribution in [2.45, 2.75) is 19.1 Å². The van der Waals surface area contributed by atoms with Gasteiger partial charge in [0.15, 0.2) is 6.61 Å². The molecule has 1 aromatic rings. The molecule has 2 nitrogen and oxygen atoms in total. The molecule has 0 spiro atoms. The average molecular weight is 237 g/mol. The molecule has 0 saturated carbocycles. The summed E-state index contributed by atoms with van der Waals surface area (Å²) in [7, 11) is 0. The van der Waals surface area contributed by atoms with Crippen molar-refractivity contribution < 1.29 is 22.3 Å². The molecule has 0 aromatic heterocycles. The molecule has 0 saturated heterocycles. The molecule has 0 aliphatic carbocycles. The lowest BCUT2D eigenvalue weighted by atomic mass is 10.1. The fourth-order valence-electron chi connectivity index (χ4n) is 1.13. The highest BCUT2D eigenvalue weighted by molar-refractivity contribution is 5.30. The lowest BCUT2D eigenvalue weighted by Gasteiger charge is -2.11. The van der Waals surface area contributed by atoms with Gasteiger partial charge in [-0.05, 0) is 13.0 Å². The summed E-state index contributed by atoms with van der Waals surface area (Å²) in [6.07, 6.45) is -4.43. The van der Waals surface area contributed by atoms with Crippen LogP contribution in [0.1, 0.15) is 18.5 Å². The molecule has 0 heterocycles. The quantitative estimate of drug-likeness (QED) is 0.820. The lowest BCUT2D eigenvalue weighted by Crippen LogP contribution is -2.19. The van der Waals surface area contributed by atoms with Crippen LogP contribution >= 0.6 is 0 Å². The van der Waals surface area contributed by atoms with Gasteiger partial charge in [-0.15, -0.1) is 0 Å². The van der Waals surface area contributed by atoms with E-state index < -0.39 is 24.6 Å². The number of rotatable bonds is 3. The molecule has 0 radical (unpaired) electrons. The van der Waals surface area contributed by atoms with Gasteiger partial charge in [0.2, 0.25) is 0 Å². The SMILES string of the molecule is C[C@@H](N)c1ccc(OCC(F)(F)F)cc1F. The zero-order valence-electron chi connectivity index (χ0n) is 8.51. The van der Waals surface area contributed by atoms with Crippen molar-refractivity contribution in [2.75, 3.05) is 6.61 Å². The van der Waals surface area contributed by atoms with E-state index in [1.54, 1.807) is 6.92 Å². The maximum atomic E-state index is 13.3. The van der Waals surface area contributed by atoms with Crippen LogP contribution in [0.15, 0.2) is 18.2 Å². The van der Waals surface area contributed by atoms with Crippen LogP contribution in [0.25, 0.3) is 0 Å². The third kappa shape index (κ3) is 3.69. The molecule has 16 heavy (non-hydrogen) atoms. The highest BCUT2D eigenvalue weighted by atomic mass is 19.4. The summed E-state index contributed by atoms with van der Waals surface area (Å²) in [5.41, 5.74) is 5.68. The average Bonchev–Trinajstić information content (AvgIpc) is 2.13. The summed E-state index contributed by atoms with van der Waals surface area (Å²) >= 11 is 0. The second-order valence-electron chi connectivity index (χ2n) is 3.38. The van der Waals surface area contributed by atoms with E-state index in [0.29, 0.717) is 0 Å². The molecule has 0 unspecified atom stereocenters. The predicted octanol–water partition coefficient (Wildman–Crippen LogP) is 2.79. The van der Waals surface area contributed by atoms with Crippen molar-refractivity contribution in [3.05, 3.63) is 29.6 Å². The van der Waals surface area contributed by atoms with Crippen LogP contribution in [0.4, 0.5) is 17.6 Å². The highest BCUT2D eigenvalue weighted by Crippen LogP contribution is 2.22. The topological polar surface area (TPSA) is 35.2 Å². The first kappa shape index (κ1) is 12.8. The maximum Gasteiger partial charge on any atom is 0.422 e. The van der Waals surface area contributed by atoms with E-state index in [1.807, 2.05) is 0 Å². The normalized spacial score (nSPS) is 13.6. The number of benzene rings is 1. The number of nitrogens with two attached hydrogens (primary N) is 1. The second kappa shape index (κ2) is 4.69. The fraction of sp³-hybridized carbons (Fsp3) is 0.400. The smallest absolute Gasteiger partial charge is 0.422 e. The van der Waals surface area contributed by atoms with Gasteiger partial charge in [0.25, 0.3) is 0 Å². The Morgan fingerprint density at radius 3 is 2.44 bits per heavy atom. The standard InChI is InChI=1S/C10H11F4NO/c1-6(15)8-3-2-7(4-9(8)11)16-5-10(12,13)14/h2-4,6H,5,15H2,1H3/t6-/m1/s1. The van der Waals surface area contributed by atoms with E-state index in [0.717, 1.165) is 6.07 Å². The minimum atomic E-state index is -4.43. The van der Waals surface area contributed by atoms with Crippen LogP contribution in [0.5, 0.6) is 5.75 Å². The first-order valence-electron chi connectivity index (χ1n) is 4.54. The van der Waals surface area contributed by atoms with Crippen molar-refractivity contribution in [3.63, 3.8) is 0 Å². The summed E-state index contributed by atoms with van der Waals surface area (Å²) in [6.45, 7) is 0.138. The van der Waals surface area contributed by atoms with Gasteiger partial charge in [0.05, 0.1) is 0 Å². The van der Waals surface area contributed by atoms with E-state index in [2.05, 4.69) is 4.74 Å². The number of alkyl halides is 3. The van der Waals surface area contributed by atoms with Gasteiger partial charge in [-0.1, -0.05) is 6.07 Å². The molecule has 0 aliphatic heterocycles. The van der Waals surface area contributed by atoms with Crippen LogP contribution in [0, 0.1) is 5.82 Å². The number of hydrogen-bond acceptors (Lipinski definition) is 2. The molecule has 1 rings (SSSR count). The van der Waals surface area contributed by atoms with Gasteiger partial charge >= 0.3 is 6.18 Å². The zero-order valence-corrected chi connectivity index (χ0v) is 8.51. The number of halogens is 4. The van der Waals surface area contributed by atoms with Crippen molar-refractivity contribution in [3.8, 4) is 5.75 Å². The predicted molar refractivity (Wildman–Crippen MR) is 50.6 cm³/mol. The van der Waals surface area contributed by atoms with Gasteiger partial charge in [0, 0.05) is 17.7 Å². The largest absolute Gasteiger partial charge is 0.484 e. The van der Waals surface area contributed by atoms with Crippen molar-refractivity contribution >= 4 is 0 Å². The van der Waals surface area contributed by atoms with Crippen molar-refractivity contribution in [1.82, 2.24) is 0 Å². The van der Waals surface area contributed by atoms with Gasteiger partial charge in [0.1, 0.15) is 11.6 Å². The highest BCUT2D eigenvalue weighted by Gasteiger charge is 2.28. The Morgan fingerprint density at radius 2 is 2.00 bits per heavy atom. The van der Waals surface area contributed by atoms with E-state index in [9.17, 15) is 17.6 Å². The maximum absolute atomic E-state index is 13.3. The minimum absolute atomic E-state index is 0.167. The van der Waals surface area contributed by atoms with Crippen molar-refractivity contribution in [2.24, 2.45) is 5.73 Å². The van der Waals surface area contributed by atoms with Crippen LogP contribution in [0.2, 0.25) is 0 Å². The van der Waals surface area contributed by atoms with E-state index in [-0.39, 0.29) is 11.3 Å². The Kier molecular flexibility index (Phi) is 3.74. The Labute approximate surface area is 90.0 Å². The van der Waals surface area contributed by atoms with Crippen LogP contribution in [-0.2, 0) is 0 Å². The number of ether oxygens (including phenoxy) is 1. The van der Waals surface area contributed by atoms with Crippen molar-refractivity contribution in [1.29, 1.82) is 0 Å². The Balaban J connectivity index is 2.74. The molecule has 0 bridgehead atoms. The van der Waals surface area contributed by atoms with Gasteiger partial charge in [-0.2, -0.15) is 13.2 Å². The molecular weight excluding hydrogens is 226 g/mol. The van der Waals surface area contributed by atoms with Crippen LogP contribution in [-0.4, -0.2) is 12.8 Å². The van der Waals surface area contributed by atoms with Gasteiger partial charge in [-0.25, -0.2) is 4.39 Å². The van der Waals surface area contributed by atoms with Gasteiger partial charge in [-0.3, -0.25) is 0 Å². The third-order valence-electron chi connectivity index (χ3n) is 1.86. The molecule has 0 fully saturated rings. The summed E-state index contributed by atoms with van der Waals surface area (Å²) in [6, 6.07) is 2.94. The van der Waals surface area contributed by atoms with Crippen LogP contribution in [0.3, 0.4) is 0 Å². The van der Waals surface area contributed by atoms with E-state index >= 15 is 0 Å². The Bertz CT molecular complexity index is 362. The summed E-state index contributed by atoms with van der Waals surface area (Å²) < 4.78 is 53.1. The Morgan fingerprint density at radius 1 is 1.38 bits per heavy atom. The summed E-state index contributed by atoms with van der Waals surface area (Å²) in [4.78, 5) is 0. The summed E-state index contributed by atoms with van der Waals surface area (Å²) in [5.74, 6) is -0.839. The molecule has 0 aliphatic rings. The third-order valence-corrected chi connectivity index (χ3v) is 1.86. The summed E-state index contributed by atoms with van der Waals surface area (Å²) in [5, 5.41) is 0. The Hall–Kier alpha value is -1.30. The monoisotopic (exact) mass is 237 g/mol.